The van der Waals surface area contributed by atoms with Crippen LogP contribution < -0.4 is 0 Å². The Morgan fingerprint density at radius 2 is 2.00 bits per heavy atom. The van der Waals surface area contributed by atoms with Gasteiger partial charge in [-0.2, -0.15) is 0 Å². The van der Waals surface area contributed by atoms with Crippen molar-refractivity contribution in [2.75, 3.05) is 0 Å². The largest absolute Gasteiger partial charge is 0.216 e. The lowest BCUT2D eigenvalue weighted by atomic mass is 10.0. The van der Waals surface area contributed by atoms with Gasteiger partial charge >= 0.3 is 0 Å². The smallest absolute Gasteiger partial charge is 0.0952 e. The second-order valence-corrected chi connectivity index (χ2v) is 5.32. The van der Waals surface area contributed by atoms with Crippen LogP contribution in [0.1, 0.15) is 24.5 Å². The summed E-state index contributed by atoms with van der Waals surface area (Å²) in [4.78, 5) is 0. The van der Waals surface area contributed by atoms with E-state index in [-0.39, 0.29) is 0 Å². The van der Waals surface area contributed by atoms with E-state index in [0.29, 0.717) is 5.56 Å². The molecule has 0 saturated carbocycles. The van der Waals surface area contributed by atoms with Crippen LogP contribution in [0.3, 0.4) is 0 Å². The molecule has 76 valence electrons. The summed E-state index contributed by atoms with van der Waals surface area (Å²) >= 11 is 17.3. The molecule has 0 radical (unpaired) electrons. The second kappa shape index (κ2) is 4.57. The van der Waals surface area contributed by atoms with Gasteiger partial charge in [-0.25, -0.2) is 0 Å². The summed E-state index contributed by atoms with van der Waals surface area (Å²) in [7, 11) is 0. The minimum Gasteiger partial charge on any atom is -0.0952 e. The molecule has 0 amide bonds. The molecule has 1 rings (SSSR count). The van der Waals surface area contributed by atoms with Crippen LogP contribution in [0.2, 0.25) is 0 Å². The fourth-order valence-corrected chi connectivity index (χ4v) is 1.47. The molecule has 0 aliphatic heterocycles. The Hall–Kier alpha value is -0.170. The highest BCUT2D eigenvalue weighted by atomic mass is 35.6. The van der Waals surface area contributed by atoms with E-state index in [0.717, 1.165) is 17.6 Å². The molecule has 0 bridgehead atoms. The quantitative estimate of drug-likeness (QED) is 0.652. The Kier molecular flexibility index (Phi) is 3.88. The molecule has 0 saturated heterocycles. The van der Waals surface area contributed by atoms with Crippen LogP contribution in [0.4, 0.5) is 0 Å². The maximum Gasteiger partial charge on any atom is 0.216 e. The van der Waals surface area contributed by atoms with Crippen molar-refractivity contribution in [2.45, 2.75) is 17.1 Å². The molecule has 1 aromatic rings. The van der Waals surface area contributed by atoms with Gasteiger partial charge in [0.2, 0.25) is 3.79 Å². The fourth-order valence-electron chi connectivity index (χ4n) is 1.12. The van der Waals surface area contributed by atoms with Crippen LogP contribution in [0, 0.1) is 0 Å². The monoisotopic (exact) mass is 248 g/mol. The van der Waals surface area contributed by atoms with Crippen molar-refractivity contribution >= 4 is 40.4 Å². The molecule has 0 spiro atoms. The molecule has 0 aliphatic rings. The molecule has 0 unspecified atom stereocenters. The molecule has 0 aliphatic carbocycles. The molecular formula is C11H11Cl3. The van der Waals surface area contributed by atoms with Gasteiger partial charge < -0.3 is 0 Å². The first-order valence-electron chi connectivity index (χ1n) is 4.30. The van der Waals surface area contributed by atoms with Gasteiger partial charge in [-0.15, -0.1) is 0 Å². The average molecular weight is 250 g/mol. The van der Waals surface area contributed by atoms with Gasteiger partial charge in [0.15, 0.2) is 0 Å². The molecule has 1 aromatic carbocycles. The first-order valence-corrected chi connectivity index (χ1v) is 5.44. The molecule has 0 heterocycles. The second-order valence-electron chi connectivity index (χ2n) is 3.04. The van der Waals surface area contributed by atoms with Gasteiger partial charge in [-0.3, -0.25) is 0 Å². The highest BCUT2D eigenvalue weighted by Crippen LogP contribution is 2.38. The third-order valence-electron chi connectivity index (χ3n) is 2.02. The Morgan fingerprint density at radius 1 is 1.36 bits per heavy atom. The predicted octanol–water partition coefficient (Wildman–Crippen LogP) is 4.94. The van der Waals surface area contributed by atoms with Crippen molar-refractivity contribution in [3.63, 3.8) is 0 Å². The van der Waals surface area contributed by atoms with Gasteiger partial charge in [0, 0.05) is 5.56 Å². The zero-order valence-electron chi connectivity index (χ0n) is 7.86. The summed E-state index contributed by atoms with van der Waals surface area (Å²) in [6.07, 6.45) is 0.892. The standard InChI is InChI=1S/C11H11Cl3/c1-3-8(2)9-5-4-6-10(7-9)11(12,13)14/h4-7H,2-3H2,1H3. The van der Waals surface area contributed by atoms with Crippen molar-refractivity contribution in [1.29, 1.82) is 0 Å². The van der Waals surface area contributed by atoms with Gasteiger partial charge in [-0.1, -0.05) is 66.5 Å². The molecule has 0 N–H and O–H groups in total. The number of hydrogen-bond acceptors (Lipinski definition) is 0. The number of benzene rings is 1. The maximum absolute atomic E-state index is 5.78. The van der Waals surface area contributed by atoms with Crippen LogP contribution in [-0.2, 0) is 3.79 Å². The lowest BCUT2D eigenvalue weighted by Gasteiger charge is -2.13. The van der Waals surface area contributed by atoms with Crippen molar-refractivity contribution in [1.82, 2.24) is 0 Å². The Morgan fingerprint density at radius 3 is 2.50 bits per heavy atom. The summed E-state index contributed by atoms with van der Waals surface area (Å²) in [6, 6.07) is 7.48. The van der Waals surface area contributed by atoms with Crippen LogP contribution in [0.5, 0.6) is 0 Å². The first kappa shape index (κ1) is 11.9. The van der Waals surface area contributed by atoms with Crippen LogP contribution >= 0.6 is 34.8 Å². The summed E-state index contributed by atoms with van der Waals surface area (Å²) < 4.78 is -1.36. The van der Waals surface area contributed by atoms with E-state index in [1.54, 1.807) is 6.07 Å². The van der Waals surface area contributed by atoms with Gasteiger partial charge in [0.05, 0.1) is 0 Å². The molecule has 14 heavy (non-hydrogen) atoms. The highest BCUT2D eigenvalue weighted by molar-refractivity contribution is 6.66. The normalized spacial score (nSPS) is 11.4. The summed E-state index contributed by atoms with van der Waals surface area (Å²) in [5.41, 5.74) is 2.74. The molecule has 0 fully saturated rings. The van der Waals surface area contributed by atoms with E-state index in [2.05, 4.69) is 6.58 Å². The van der Waals surface area contributed by atoms with E-state index < -0.39 is 3.79 Å². The van der Waals surface area contributed by atoms with E-state index >= 15 is 0 Å². The fraction of sp³-hybridized carbons (Fsp3) is 0.273. The van der Waals surface area contributed by atoms with Gasteiger partial charge in [0.1, 0.15) is 0 Å². The zero-order chi connectivity index (χ0) is 10.8. The van der Waals surface area contributed by atoms with Crippen LogP contribution in [-0.4, -0.2) is 0 Å². The number of alkyl halides is 3. The van der Waals surface area contributed by atoms with Crippen molar-refractivity contribution in [2.24, 2.45) is 0 Å². The van der Waals surface area contributed by atoms with Gasteiger partial charge in [-0.05, 0) is 23.6 Å². The average Bonchev–Trinajstić information content (AvgIpc) is 2.15. The molecule has 0 aromatic heterocycles. The number of rotatable bonds is 2. The number of hydrogen-bond donors (Lipinski definition) is 0. The molecule has 0 nitrogen and oxygen atoms in total. The van der Waals surface area contributed by atoms with E-state index in [9.17, 15) is 0 Å². The molecule has 0 atom stereocenters. The van der Waals surface area contributed by atoms with E-state index in [4.69, 9.17) is 34.8 Å². The lowest BCUT2D eigenvalue weighted by molar-refractivity contribution is 1.21. The van der Waals surface area contributed by atoms with E-state index in [1.165, 1.54) is 0 Å². The summed E-state index contributed by atoms with van der Waals surface area (Å²) in [5.74, 6) is 0. The predicted molar refractivity (Wildman–Crippen MR) is 65.0 cm³/mol. The van der Waals surface area contributed by atoms with Gasteiger partial charge in [0.25, 0.3) is 0 Å². The topological polar surface area (TPSA) is 0 Å². The number of halogens is 3. The highest BCUT2D eigenvalue weighted by Gasteiger charge is 2.22. The SMILES string of the molecule is C=C(CC)c1cccc(C(Cl)(Cl)Cl)c1. The molecule has 3 heteroatoms. The lowest BCUT2D eigenvalue weighted by Crippen LogP contribution is -2.00. The van der Waals surface area contributed by atoms with E-state index in [1.807, 2.05) is 25.1 Å². The Balaban J connectivity index is 3.08. The minimum absolute atomic E-state index is 0.676. The van der Waals surface area contributed by atoms with Crippen LogP contribution in [0.15, 0.2) is 30.8 Å². The Labute approximate surface area is 99.5 Å². The van der Waals surface area contributed by atoms with Crippen LogP contribution in [0.25, 0.3) is 5.57 Å². The van der Waals surface area contributed by atoms with Crippen molar-refractivity contribution < 1.29 is 0 Å². The maximum atomic E-state index is 5.78. The third kappa shape index (κ3) is 2.91. The minimum atomic E-state index is -1.36. The number of allylic oxidation sites excluding steroid dienone is 1. The van der Waals surface area contributed by atoms with Crippen molar-refractivity contribution in [3.8, 4) is 0 Å². The Bertz CT molecular complexity index is 337. The third-order valence-corrected chi connectivity index (χ3v) is 2.68. The molecular weight excluding hydrogens is 238 g/mol. The zero-order valence-corrected chi connectivity index (χ0v) is 10.1. The van der Waals surface area contributed by atoms with Crippen molar-refractivity contribution in [3.05, 3.63) is 42.0 Å². The summed E-state index contributed by atoms with van der Waals surface area (Å²) in [5, 5.41) is 0. The first-order chi connectivity index (χ1) is 6.45. The summed E-state index contributed by atoms with van der Waals surface area (Å²) in [6.45, 7) is 5.98.